The number of aromatic nitrogens is 2. The third-order valence-electron chi connectivity index (χ3n) is 7.58. The highest BCUT2D eigenvalue weighted by Gasteiger charge is 2.80. The molecule has 4 rings (SSSR count). The fourth-order valence-corrected chi connectivity index (χ4v) is 16.7. The maximum Gasteiger partial charge on any atom is 0.395 e. The number of nitrogens with one attached hydrogen (secondary N) is 1. The van der Waals surface area contributed by atoms with Crippen molar-refractivity contribution in [1.29, 1.82) is 0 Å². The number of rotatable bonds is 6. The smallest absolute Gasteiger partial charge is 0.395 e. The first-order chi connectivity index (χ1) is 16.7. The summed E-state index contributed by atoms with van der Waals surface area (Å²) in [7, 11) is -5.78. The molecule has 1 saturated carbocycles. The first-order valence-corrected chi connectivity index (χ1v) is 16.6. The number of fused-ring (bicyclic) bond motifs is 2. The molecule has 200 valence electrons. The van der Waals surface area contributed by atoms with Crippen molar-refractivity contribution in [3.05, 3.63) is 44.6 Å². The van der Waals surface area contributed by atoms with E-state index in [0.717, 1.165) is 0 Å². The molecule has 1 aliphatic carbocycles. The number of aromatic amines is 1. The van der Waals surface area contributed by atoms with E-state index in [9.17, 15) is 14.4 Å². The lowest BCUT2D eigenvalue weighted by Gasteiger charge is -2.49. The SMILES string of the molecule is CC(=O)OC12OC3=C(O[Si](C(C)C)(C(C)C)O[Si](C(C)C)(C(C)C)OC3)C1[C@@H]2n1ccc(=O)[nH]c1=O. The summed E-state index contributed by atoms with van der Waals surface area (Å²) in [6.45, 7) is 18.4. The number of hydrogen-bond donors (Lipinski definition) is 1. The molecule has 3 heterocycles. The Morgan fingerprint density at radius 1 is 1.06 bits per heavy atom. The van der Waals surface area contributed by atoms with Gasteiger partial charge in [0.1, 0.15) is 17.7 Å². The topological polar surface area (TPSA) is 118 Å². The van der Waals surface area contributed by atoms with Crippen molar-refractivity contribution in [1.82, 2.24) is 9.55 Å². The standard InChI is InChI=1S/C24H38N2O8Si2/c1-13(2)35(14(3)4)30-12-18-21(33-36(34-35,15(5)6)16(7)8)20-22(24(20,32-18)31-17(9)27)26-11-10-19(28)25-23(26)29/h10-11,13-16,20,22H,12H2,1-9H3,(H,25,28,29)/t20?,22-,24?/m0/s1. The van der Waals surface area contributed by atoms with Crippen molar-refractivity contribution in [3.8, 4) is 0 Å². The van der Waals surface area contributed by atoms with E-state index < -0.39 is 52.1 Å². The van der Waals surface area contributed by atoms with E-state index in [-0.39, 0.29) is 28.8 Å². The summed E-state index contributed by atoms with van der Waals surface area (Å²) < 4.78 is 34.3. The van der Waals surface area contributed by atoms with E-state index in [1.54, 1.807) is 0 Å². The first-order valence-electron chi connectivity index (χ1n) is 12.7. The fraction of sp³-hybridized carbons (Fsp3) is 0.708. The number of carbonyl (C=O) groups excluding carboxylic acids is 1. The Hall–Kier alpha value is -2.16. The lowest BCUT2D eigenvalue weighted by molar-refractivity contribution is -0.181. The second-order valence-electron chi connectivity index (χ2n) is 11.2. The Bertz CT molecular complexity index is 1170. The molecule has 1 fully saturated rings. The van der Waals surface area contributed by atoms with Crippen LogP contribution in [0, 0.1) is 5.92 Å². The highest BCUT2D eigenvalue weighted by atomic mass is 28.5. The number of hydrogen-bond acceptors (Lipinski definition) is 8. The minimum absolute atomic E-state index is 0.0778. The Labute approximate surface area is 213 Å². The van der Waals surface area contributed by atoms with Crippen molar-refractivity contribution in [3.63, 3.8) is 0 Å². The van der Waals surface area contributed by atoms with Crippen LogP contribution in [0.5, 0.6) is 0 Å². The van der Waals surface area contributed by atoms with Crippen molar-refractivity contribution in [2.24, 2.45) is 5.92 Å². The van der Waals surface area contributed by atoms with Gasteiger partial charge in [0.05, 0.1) is 6.61 Å². The average Bonchev–Trinajstić information content (AvgIpc) is 3.24. The van der Waals surface area contributed by atoms with Gasteiger partial charge in [-0.2, -0.15) is 0 Å². The molecule has 3 atom stereocenters. The Morgan fingerprint density at radius 3 is 2.14 bits per heavy atom. The Kier molecular flexibility index (Phi) is 6.72. The maximum atomic E-state index is 12.7. The fourth-order valence-electron chi connectivity index (χ4n) is 5.81. The number of ether oxygens (including phenoxy) is 2. The van der Waals surface area contributed by atoms with Crippen LogP contribution in [0.4, 0.5) is 0 Å². The minimum Gasteiger partial charge on any atom is -0.520 e. The normalized spacial score (nSPS) is 28.4. The van der Waals surface area contributed by atoms with Crippen molar-refractivity contribution >= 4 is 23.1 Å². The van der Waals surface area contributed by atoms with Gasteiger partial charge in [-0.1, -0.05) is 55.4 Å². The number of esters is 1. The van der Waals surface area contributed by atoms with E-state index in [2.05, 4.69) is 60.4 Å². The molecule has 1 N–H and O–H groups in total. The molecule has 1 aromatic heterocycles. The molecule has 0 aromatic carbocycles. The van der Waals surface area contributed by atoms with Crippen molar-refractivity contribution < 1.29 is 27.2 Å². The first kappa shape index (κ1) is 26.9. The molecule has 1 aromatic rings. The van der Waals surface area contributed by atoms with Crippen LogP contribution in [0.3, 0.4) is 0 Å². The summed E-state index contributed by atoms with van der Waals surface area (Å²) in [6.07, 6.45) is 1.39. The van der Waals surface area contributed by atoms with Gasteiger partial charge in [0.15, 0.2) is 5.76 Å². The van der Waals surface area contributed by atoms with Crippen LogP contribution in [-0.4, -0.2) is 45.0 Å². The van der Waals surface area contributed by atoms with Gasteiger partial charge in [-0.3, -0.25) is 19.1 Å². The highest BCUT2D eigenvalue weighted by Crippen LogP contribution is 2.68. The third-order valence-corrected chi connectivity index (χ3v) is 17.7. The van der Waals surface area contributed by atoms with Gasteiger partial charge in [0.25, 0.3) is 11.3 Å². The summed E-state index contributed by atoms with van der Waals surface area (Å²) in [5, 5.41) is 0. The van der Waals surface area contributed by atoms with Gasteiger partial charge >= 0.3 is 28.8 Å². The van der Waals surface area contributed by atoms with Crippen LogP contribution >= 0.6 is 0 Å². The predicted molar refractivity (Wildman–Crippen MR) is 136 cm³/mol. The van der Waals surface area contributed by atoms with E-state index in [0.29, 0.717) is 11.5 Å². The van der Waals surface area contributed by atoms with Gasteiger partial charge < -0.3 is 22.4 Å². The van der Waals surface area contributed by atoms with Crippen LogP contribution in [0.2, 0.25) is 22.2 Å². The molecule has 0 radical (unpaired) electrons. The zero-order valence-electron chi connectivity index (χ0n) is 22.5. The molecule has 2 unspecified atom stereocenters. The molecule has 0 amide bonds. The molecular formula is C24H38N2O8Si2. The molecule has 0 saturated heterocycles. The molecule has 3 aliphatic rings. The number of nitrogens with zero attached hydrogens (tertiary/aromatic N) is 1. The summed E-state index contributed by atoms with van der Waals surface area (Å²) in [5.41, 5.74) is -0.636. The molecule has 2 aliphatic heterocycles. The van der Waals surface area contributed by atoms with Gasteiger partial charge in [-0.05, 0) is 11.1 Å². The average molecular weight is 539 g/mol. The van der Waals surface area contributed by atoms with E-state index in [4.69, 9.17) is 22.4 Å². The van der Waals surface area contributed by atoms with Crippen LogP contribution in [0.25, 0.3) is 0 Å². The zero-order chi connectivity index (χ0) is 26.8. The number of H-pyrrole nitrogens is 1. The summed E-state index contributed by atoms with van der Waals surface area (Å²) >= 11 is 0. The minimum atomic E-state index is -2.99. The quantitative estimate of drug-likeness (QED) is 0.429. The summed E-state index contributed by atoms with van der Waals surface area (Å²) in [5.74, 6) is -1.56. The van der Waals surface area contributed by atoms with Crippen LogP contribution in [-0.2, 0) is 27.2 Å². The summed E-state index contributed by atoms with van der Waals surface area (Å²) in [6, 6.07) is 0.566. The maximum absolute atomic E-state index is 12.7. The second-order valence-corrected chi connectivity index (χ2v) is 20.0. The van der Waals surface area contributed by atoms with Gasteiger partial charge in [0, 0.05) is 30.3 Å². The summed E-state index contributed by atoms with van der Waals surface area (Å²) in [4.78, 5) is 38.8. The molecular weight excluding hydrogens is 500 g/mol. The van der Waals surface area contributed by atoms with Gasteiger partial charge in [0.2, 0.25) is 0 Å². The van der Waals surface area contributed by atoms with Crippen LogP contribution in [0.1, 0.15) is 68.4 Å². The predicted octanol–water partition coefficient (Wildman–Crippen LogP) is 3.80. The largest absolute Gasteiger partial charge is 0.520 e. The van der Waals surface area contributed by atoms with E-state index in [1.807, 2.05) is 0 Å². The molecule has 10 nitrogen and oxygen atoms in total. The lowest BCUT2D eigenvalue weighted by atomic mass is 10.3. The van der Waals surface area contributed by atoms with Crippen molar-refractivity contribution in [2.45, 2.75) is 96.3 Å². The van der Waals surface area contributed by atoms with Crippen molar-refractivity contribution in [2.75, 3.05) is 6.61 Å². The molecule has 36 heavy (non-hydrogen) atoms. The van der Waals surface area contributed by atoms with Crippen LogP contribution in [0.15, 0.2) is 33.4 Å². The molecule has 0 spiro atoms. The Balaban J connectivity index is 1.86. The molecule has 0 bridgehead atoms. The Morgan fingerprint density at radius 2 is 1.64 bits per heavy atom. The molecule has 12 heteroatoms. The highest BCUT2D eigenvalue weighted by molar-refractivity contribution is 6.84. The second kappa shape index (κ2) is 9.00. The van der Waals surface area contributed by atoms with E-state index in [1.165, 1.54) is 23.8 Å². The lowest BCUT2D eigenvalue weighted by Crippen LogP contribution is -2.62. The van der Waals surface area contributed by atoms with Gasteiger partial charge in [-0.15, -0.1) is 0 Å². The van der Waals surface area contributed by atoms with Crippen LogP contribution < -0.4 is 11.2 Å². The number of carbonyl (C=O) groups is 1. The van der Waals surface area contributed by atoms with Gasteiger partial charge in [-0.25, -0.2) is 4.79 Å². The zero-order valence-corrected chi connectivity index (χ0v) is 24.5. The monoisotopic (exact) mass is 538 g/mol. The van der Waals surface area contributed by atoms with E-state index >= 15 is 0 Å². The third kappa shape index (κ3) is 3.93.